The molecule has 3 nitrogen and oxygen atoms in total. The fraction of sp³-hybridized carbons (Fsp3) is 0.293. The minimum atomic E-state index is -0.164. The Morgan fingerprint density at radius 2 is 1.48 bits per heavy atom. The summed E-state index contributed by atoms with van der Waals surface area (Å²) in [5, 5.41) is 7.83. The second-order valence-electron chi connectivity index (χ2n) is 12.6. The van der Waals surface area contributed by atoms with Gasteiger partial charge < -0.3 is 10.6 Å². The summed E-state index contributed by atoms with van der Waals surface area (Å²) in [5.74, 6) is 0.754. The average molecular weight is 582 g/mol. The second kappa shape index (κ2) is 13.9. The highest BCUT2D eigenvalue weighted by Crippen LogP contribution is 2.39. The second-order valence-corrected chi connectivity index (χ2v) is 12.6. The van der Waals surface area contributed by atoms with Crippen molar-refractivity contribution in [2.24, 2.45) is 0 Å². The Hall–Kier alpha value is -4.37. The van der Waals surface area contributed by atoms with Gasteiger partial charge in [-0.3, -0.25) is 4.98 Å². The number of allylic oxidation sites excluding steroid dienone is 4. The SMILES string of the molecule is C=C/C=C1/CCC(C)N/C1=C(/C)c1cccc(C(Nc2c(C(C)C)cccc2C(C)C)c2ccccc2-c2ccccc2)n1. The van der Waals surface area contributed by atoms with E-state index < -0.39 is 0 Å². The molecule has 1 aromatic heterocycles. The van der Waals surface area contributed by atoms with Crippen LogP contribution in [-0.2, 0) is 0 Å². The van der Waals surface area contributed by atoms with Crippen molar-refractivity contribution in [1.82, 2.24) is 10.3 Å². The van der Waals surface area contributed by atoms with Gasteiger partial charge in [0.25, 0.3) is 0 Å². The van der Waals surface area contributed by atoms with Crippen LogP contribution in [0, 0.1) is 0 Å². The largest absolute Gasteiger partial charge is 0.382 e. The quantitative estimate of drug-likeness (QED) is 0.206. The standard InChI is InChI=1S/C41H47N3/c1-8-16-32-26-25-29(6)42-39(32)30(7)37-23-15-24-38(43-37)41(36-20-13-12-19-35(36)31-17-10-9-11-18-31)44-40-33(27(2)3)21-14-22-34(40)28(4)5/h8-24,27-29,41-42,44H,1,25-26H2,2-7H3/b32-16-,39-30-. The van der Waals surface area contributed by atoms with Crippen LogP contribution in [0.3, 0.4) is 0 Å². The monoisotopic (exact) mass is 581 g/mol. The van der Waals surface area contributed by atoms with Crippen LogP contribution in [0.1, 0.15) is 100 Å². The molecule has 0 spiro atoms. The number of benzene rings is 3. The van der Waals surface area contributed by atoms with Gasteiger partial charge in [0.05, 0.1) is 17.4 Å². The molecule has 0 saturated carbocycles. The Kier molecular flexibility index (Phi) is 9.85. The molecule has 2 N–H and O–H groups in total. The molecular formula is C41H47N3. The third-order valence-electron chi connectivity index (χ3n) is 8.72. The van der Waals surface area contributed by atoms with E-state index in [0.717, 1.165) is 29.8 Å². The van der Waals surface area contributed by atoms with Crippen LogP contribution in [-0.4, -0.2) is 11.0 Å². The zero-order chi connectivity index (χ0) is 31.2. The van der Waals surface area contributed by atoms with E-state index in [1.807, 2.05) is 6.08 Å². The first kappa shape index (κ1) is 31.1. The van der Waals surface area contributed by atoms with Gasteiger partial charge in [-0.25, -0.2) is 0 Å². The van der Waals surface area contributed by atoms with E-state index in [1.54, 1.807) is 0 Å². The molecule has 5 rings (SSSR count). The number of para-hydroxylation sites is 1. The molecule has 226 valence electrons. The van der Waals surface area contributed by atoms with Crippen LogP contribution < -0.4 is 10.6 Å². The van der Waals surface area contributed by atoms with E-state index in [4.69, 9.17) is 4.98 Å². The lowest BCUT2D eigenvalue weighted by Crippen LogP contribution is -2.31. The summed E-state index contributed by atoms with van der Waals surface area (Å²) in [4.78, 5) is 5.41. The van der Waals surface area contributed by atoms with Crippen molar-refractivity contribution in [2.75, 3.05) is 5.32 Å². The lowest BCUT2D eigenvalue weighted by Gasteiger charge is -2.29. The molecule has 3 aromatic carbocycles. The highest BCUT2D eigenvalue weighted by molar-refractivity contribution is 5.72. The van der Waals surface area contributed by atoms with Crippen molar-refractivity contribution >= 4 is 11.3 Å². The predicted octanol–water partition coefficient (Wildman–Crippen LogP) is 10.8. The summed E-state index contributed by atoms with van der Waals surface area (Å²) in [5.41, 5.74) is 13.1. The fourth-order valence-corrected chi connectivity index (χ4v) is 6.32. The van der Waals surface area contributed by atoms with Gasteiger partial charge in [0.15, 0.2) is 0 Å². The summed E-state index contributed by atoms with van der Waals surface area (Å²) in [7, 11) is 0. The summed E-state index contributed by atoms with van der Waals surface area (Å²) in [6, 6.07) is 32.9. The van der Waals surface area contributed by atoms with Gasteiger partial charge in [0.2, 0.25) is 0 Å². The zero-order valence-corrected chi connectivity index (χ0v) is 27.2. The zero-order valence-electron chi connectivity index (χ0n) is 27.2. The van der Waals surface area contributed by atoms with Gasteiger partial charge in [0.1, 0.15) is 0 Å². The third-order valence-corrected chi connectivity index (χ3v) is 8.72. The predicted molar refractivity (Wildman–Crippen MR) is 189 cm³/mol. The maximum atomic E-state index is 5.41. The van der Waals surface area contributed by atoms with Crippen LogP contribution in [0.15, 0.2) is 121 Å². The number of nitrogens with one attached hydrogen (secondary N) is 2. The van der Waals surface area contributed by atoms with Crippen molar-refractivity contribution in [1.29, 1.82) is 0 Å². The number of nitrogens with zero attached hydrogens (tertiary/aromatic N) is 1. The molecule has 1 fully saturated rings. The summed E-state index contributed by atoms with van der Waals surface area (Å²) < 4.78 is 0. The maximum absolute atomic E-state index is 5.41. The minimum absolute atomic E-state index is 0.164. The number of hydrogen-bond donors (Lipinski definition) is 2. The molecular weight excluding hydrogens is 534 g/mol. The lowest BCUT2D eigenvalue weighted by molar-refractivity contribution is 0.531. The van der Waals surface area contributed by atoms with Crippen molar-refractivity contribution in [3.63, 3.8) is 0 Å². The van der Waals surface area contributed by atoms with Crippen LogP contribution in [0.25, 0.3) is 16.7 Å². The molecule has 2 unspecified atom stereocenters. The highest BCUT2D eigenvalue weighted by Gasteiger charge is 2.25. The van der Waals surface area contributed by atoms with Crippen molar-refractivity contribution in [2.45, 2.75) is 78.3 Å². The Morgan fingerprint density at radius 1 is 0.841 bits per heavy atom. The van der Waals surface area contributed by atoms with Crippen molar-refractivity contribution in [3.05, 3.63) is 149 Å². The number of piperidine rings is 1. The summed E-state index contributed by atoms with van der Waals surface area (Å²) in [6.07, 6.45) is 6.17. The van der Waals surface area contributed by atoms with Gasteiger partial charge >= 0.3 is 0 Å². The Morgan fingerprint density at radius 3 is 2.16 bits per heavy atom. The topological polar surface area (TPSA) is 37.0 Å². The molecule has 2 atom stereocenters. The van der Waals surface area contributed by atoms with E-state index in [0.29, 0.717) is 17.9 Å². The number of rotatable bonds is 9. The van der Waals surface area contributed by atoms with Gasteiger partial charge in [-0.1, -0.05) is 125 Å². The van der Waals surface area contributed by atoms with Crippen LogP contribution >= 0.6 is 0 Å². The van der Waals surface area contributed by atoms with E-state index in [1.165, 1.54) is 44.8 Å². The van der Waals surface area contributed by atoms with Gasteiger partial charge in [-0.15, -0.1) is 0 Å². The third kappa shape index (κ3) is 6.73. The van der Waals surface area contributed by atoms with E-state index in [2.05, 4.69) is 156 Å². The number of aromatic nitrogens is 1. The normalized spacial score (nSPS) is 17.8. The Bertz CT molecular complexity index is 1630. The first-order chi connectivity index (χ1) is 21.3. The molecule has 0 radical (unpaired) electrons. The smallest absolute Gasteiger partial charge is 0.0946 e. The molecule has 0 amide bonds. The highest BCUT2D eigenvalue weighted by atomic mass is 15.0. The minimum Gasteiger partial charge on any atom is -0.382 e. The van der Waals surface area contributed by atoms with E-state index in [-0.39, 0.29) is 6.04 Å². The number of hydrogen-bond acceptors (Lipinski definition) is 3. The lowest BCUT2D eigenvalue weighted by atomic mass is 9.89. The summed E-state index contributed by atoms with van der Waals surface area (Å²) >= 11 is 0. The van der Waals surface area contributed by atoms with Crippen molar-refractivity contribution < 1.29 is 0 Å². The van der Waals surface area contributed by atoms with Gasteiger partial charge in [0, 0.05) is 17.4 Å². The summed E-state index contributed by atoms with van der Waals surface area (Å²) in [6.45, 7) is 17.5. The Labute approximate surface area is 264 Å². The van der Waals surface area contributed by atoms with Crippen LogP contribution in [0.2, 0.25) is 0 Å². The maximum Gasteiger partial charge on any atom is 0.0946 e. The molecule has 2 heterocycles. The number of anilines is 1. The fourth-order valence-electron chi connectivity index (χ4n) is 6.32. The molecule has 0 bridgehead atoms. The van der Waals surface area contributed by atoms with E-state index >= 15 is 0 Å². The molecule has 1 aliphatic heterocycles. The average Bonchev–Trinajstić information content (AvgIpc) is 3.04. The van der Waals surface area contributed by atoms with E-state index in [9.17, 15) is 0 Å². The van der Waals surface area contributed by atoms with Crippen LogP contribution in [0.4, 0.5) is 5.69 Å². The molecule has 4 aromatic rings. The number of pyridine rings is 1. The molecule has 0 aliphatic carbocycles. The molecule has 44 heavy (non-hydrogen) atoms. The van der Waals surface area contributed by atoms with Crippen molar-refractivity contribution in [3.8, 4) is 11.1 Å². The Balaban J connectivity index is 1.71. The molecule has 3 heteroatoms. The first-order valence-electron chi connectivity index (χ1n) is 16.1. The molecule has 1 saturated heterocycles. The van der Waals surface area contributed by atoms with Crippen LogP contribution in [0.5, 0.6) is 0 Å². The van der Waals surface area contributed by atoms with Gasteiger partial charge in [-0.2, -0.15) is 0 Å². The molecule has 1 aliphatic rings. The van der Waals surface area contributed by atoms with Gasteiger partial charge in [-0.05, 0) is 89.6 Å². The first-order valence-corrected chi connectivity index (χ1v) is 16.1.